The summed E-state index contributed by atoms with van der Waals surface area (Å²) in [6.45, 7) is 7.96. The third-order valence-electron chi connectivity index (χ3n) is 5.47. The van der Waals surface area contributed by atoms with Crippen LogP contribution >= 0.6 is 0 Å². The van der Waals surface area contributed by atoms with Gasteiger partial charge in [0, 0.05) is 12.8 Å². The zero-order valence-electron chi connectivity index (χ0n) is 17.6. The molecule has 0 spiro atoms. The molecule has 29 heavy (non-hydrogen) atoms. The predicted octanol–water partition coefficient (Wildman–Crippen LogP) is 4.00. The largest absolute Gasteiger partial charge is 0.490 e. The number of fused-ring (bicyclic) bond motifs is 1. The summed E-state index contributed by atoms with van der Waals surface area (Å²) in [5, 5.41) is 3.01. The van der Waals surface area contributed by atoms with Gasteiger partial charge in [0.1, 0.15) is 11.3 Å². The van der Waals surface area contributed by atoms with Crippen molar-refractivity contribution in [3.63, 3.8) is 0 Å². The Balaban J connectivity index is 1.93. The molecule has 1 atom stereocenters. The van der Waals surface area contributed by atoms with Crippen LogP contribution in [-0.4, -0.2) is 30.1 Å². The Hall–Kier alpha value is -2.82. The molecule has 0 aromatic heterocycles. The third kappa shape index (κ3) is 4.29. The minimum absolute atomic E-state index is 0.0163. The molecule has 5 nitrogen and oxygen atoms in total. The molecule has 2 aromatic carbocycles. The first-order chi connectivity index (χ1) is 13.9. The highest BCUT2D eigenvalue weighted by Gasteiger charge is 2.46. The molecular weight excluding hydrogens is 366 g/mol. The van der Waals surface area contributed by atoms with E-state index in [0.717, 1.165) is 23.1 Å². The lowest BCUT2D eigenvalue weighted by Crippen LogP contribution is -2.56. The zero-order chi connectivity index (χ0) is 21.0. The number of benzene rings is 2. The number of ether oxygens (including phenoxy) is 2. The highest BCUT2D eigenvalue weighted by atomic mass is 16.5. The molecule has 0 radical (unpaired) electrons. The highest BCUT2D eigenvalue weighted by molar-refractivity contribution is 6.01. The molecule has 0 bridgehead atoms. The van der Waals surface area contributed by atoms with Crippen molar-refractivity contribution in [2.75, 3.05) is 6.61 Å². The monoisotopic (exact) mass is 395 g/mol. The Morgan fingerprint density at radius 1 is 1.07 bits per heavy atom. The molecule has 1 aliphatic rings. The number of hydrogen-bond donors (Lipinski definition) is 1. The lowest BCUT2D eigenvalue weighted by molar-refractivity contribution is -0.150. The van der Waals surface area contributed by atoms with Gasteiger partial charge >= 0.3 is 5.97 Å². The van der Waals surface area contributed by atoms with E-state index in [0.29, 0.717) is 24.2 Å². The van der Waals surface area contributed by atoms with Crippen LogP contribution in [0.3, 0.4) is 0 Å². The number of rotatable bonds is 7. The zero-order valence-corrected chi connectivity index (χ0v) is 17.6. The summed E-state index contributed by atoms with van der Waals surface area (Å²) in [5.41, 5.74) is 2.33. The summed E-state index contributed by atoms with van der Waals surface area (Å²) in [6.07, 6.45) is 1.65. The minimum atomic E-state index is -1.10. The molecule has 2 aromatic rings. The molecule has 3 rings (SSSR count). The Morgan fingerprint density at radius 2 is 1.72 bits per heavy atom. The van der Waals surface area contributed by atoms with Gasteiger partial charge in [-0.2, -0.15) is 0 Å². The lowest BCUT2D eigenvalue weighted by atomic mass is 9.94. The maximum atomic E-state index is 13.3. The molecule has 1 aliphatic carbocycles. The van der Waals surface area contributed by atoms with Crippen molar-refractivity contribution in [1.29, 1.82) is 0 Å². The van der Waals surface area contributed by atoms with Crippen molar-refractivity contribution >= 4 is 11.9 Å². The number of nitrogens with one attached hydrogen (secondary N) is 1. The van der Waals surface area contributed by atoms with Crippen LogP contribution in [0.25, 0.3) is 0 Å². The first-order valence-corrected chi connectivity index (χ1v) is 10.2. The molecule has 1 amide bonds. The molecule has 0 aliphatic heterocycles. The number of carbonyl (C=O) groups excluding carboxylic acids is 2. The summed E-state index contributed by atoms with van der Waals surface area (Å²) in [4.78, 5) is 26.2. The van der Waals surface area contributed by atoms with E-state index in [-0.39, 0.29) is 18.6 Å². The van der Waals surface area contributed by atoms with Gasteiger partial charge in [0.25, 0.3) is 5.91 Å². The maximum Gasteiger partial charge on any atom is 0.332 e. The second-order valence-corrected chi connectivity index (χ2v) is 7.67. The topological polar surface area (TPSA) is 64.6 Å². The van der Waals surface area contributed by atoms with Gasteiger partial charge in [0.05, 0.1) is 18.3 Å². The van der Waals surface area contributed by atoms with E-state index in [1.165, 1.54) is 0 Å². The summed E-state index contributed by atoms with van der Waals surface area (Å²) in [6, 6.07) is 13.4. The molecule has 0 fully saturated rings. The first kappa shape index (κ1) is 20.9. The van der Waals surface area contributed by atoms with Crippen molar-refractivity contribution in [2.45, 2.75) is 58.6 Å². The number of aryl methyl sites for hydroxylation is 1. The molecular formula is C24H29NO4. The number of amides is 1. The molecule has 5 heteroatoms. The van der Waals surface area contributed by atoms with Crippen LogP contribution < -0.4 is 10.1 Å². The highest BCUT2D eigenvalue weighted by Crippen LogP contribution is 2.33. The summed E-state index contributed by atoms with van der Waals surface area (Å²) < 4.78 is 11.4. The van der Waals surface area contributed by atoms with E-state index >= 15 is 0 Å². The molecule has 0 saturated carbocycles. The molecule has 154 valence electrons. The fourth-order valence-electron chi connectivity index (χ4n) is 3.73. The van der Waals surface area contributed by atoms with Crippen molar-refractivity contribution in [2.24, 2.45) is 0 Å². The Kier molecular flexibility index (Phi) is 6.26. The second-order valence-electron chi connectivity index (χ2n) is 7.67. The van der Waals surface area contributed by atoms with Gasteiger partial charge in [-0.1, -0.05) is 43.3 Å². The Bertz CT molecular complexity index is 881. The molecule has 1 unspecified atom stereocenters. The average molecular weight is 395 g/mol. The van der Waals surface area contributed by atoms with Gasteiger partial charge < -0.3 is 14.8 Å². The number of carbonyl (C=O) groups is 2. The molecule has 0 saturated heterocycles. The van der Waals surface area contributed by atoms with Crippen LogP contribution in [0.2, 0.25) is 0 Å². The Labute approximate surface area is 172 Å². The summed E-state index contributed by atoms with van der Waals surface area (Å²) in [5.74, 6) is -0.164. The van der Waals surface area contributed by atoms with Crippen LogP contribution in [0.5, 0.6) is 5.75 Å². The maximum absolute atomic E-state index is 13.3. The quantitative estimate of drug-likeness (QED) is 0.720. The Morgan fingerprint density at radius 3 is 2.31 bits per heavy atom. The lowest BCUT2D eigenvalue weighted by Gasteiger charge is -2.28. The van der Waals surface area contributed by atoms with Crippen molar-refractivity contribution in [1.82, 2.24) is 5.32 Å². The minimum Gasteiger partial charge on any atom is -0.490 e. The number of para-hydroxylation sites is 1. The second kappa shape index (κ2) is 8.68. The predicted molar refractivity (Wildman–Crippen MR) is 112 cm³/mol. The van der Waals surface area contributed by atoms with Crippen molar-refractivity contribution < 1.29 is 19.1 Å². The van der Waals surface area contributed by atoms with E-state index in [2.05, 4.69) is 5.32 Å². The van der Waals surface area contributed by atoms with Gasteiger partial charge in [-0.15, -0.1) is 0 Å². The third-order valence-corrected chi connectivity index (χ3v) is 5.47. The van der Waals surface area contributed by atoms with E-state index in [4.69, 9.17) is 9.47 Å². The normalized spacial score (nSPS) is 15.3. The SMILES string of the molecule is CCOC(=O)C1(NC(=O)c2cccc(C)c2OC(C)CC)Cc2ccccc2C1. The standard InChI is InChI=1S/C24H29NO4/c1-5-17(4)29-21-16(3)10-9-13-20(21)22(26)25-24(23(27)28-6-2)14-18-11-7-8-12-19(18)15-24/h7-13,17H,5-6,14-15H2,1-4H3,(H,25,26). The average Bonchev–Trinajstić information content (AvgIpc) is 3.08. The fraction of sp³-hybridized carbons (Fsp3) is 0.417. The van der Waals surface area contributed by atoms with Crippen LogP contribution in [0.15, 0.2) is 42.5 Å². The van der Waals surface area contributed by atoms with Crippen molar-refractivity contribution in [3.05, 3.63) is 64.7 Å². The summed E-state index contributed by atoms with van der Waals surface area (Å²) in [7, 11) is 0. The van der Waals surface area contributed by atoms with Gasteiger partial charge in [-0.05, 0) is 49.9 Å². The fourth-order valence-corrected chi connectivity index (χ4v) is 3.73. The van der Waals surface area contributed by atoms with Crippen LogP contribution in [0, 0.1) is 6.92 Å². The van der Waals surface area contributed by atoms with E-state index in [9.17, 15) is 9.59 Å². The van der Waals surface area contributed by atoms with Crippen LogP contribution in [0.4, 0.5) is 0 Å². The van der Waals surface area contributed by atoms with E-state index < -0.39 is 11.5 Å². The smallest absolute Gasteiger partial charge is 0.332 e. The molecule has 1 N–H and O–H groups in total. The van der Waals surface area contributed by atoms with Gasteiger partial charge in [0.15, 0.2) is 0 Å². The van der Waals surface area contributed by atoms with Crippen molar-refractivity contribution in [3.8, 4) is 5.75 Å². The number of esters is 1. The van der Waals surface area contributed by atoms with E-state index in [1.807, 2.05) is 57.2 Å². The van der Waals surface area contributed by atoms with E-state index in [1.54, 1.807) is 13.0 Å². The summed E-state index contributed by atoms with van der Waals surface area (Å²) >= 11 is 0. The van der Waals surface area contributed by atoms with Crippen LogP contribution in [0.1, 0.15) is 54.2 Å². The number of hydrogen-bond acceptors (Lipinski definition) is 4. The van der Waals surface area contributed by atoms with Gasteiger partial charge in [-0.25, -0.2) is 4.79 Å². The van der Waals surface area contributed by atoms with Gasteiger partial charge in [-0.3, -0.25) is 4.79 Å². The first-order valence-electron chi connectivity index (χ1n) is 10.2. The van der Waals surface area contributed by atoms with Gasteiger partial charge in [0.2, 0.25) is 0 Å². The van der Waals surface area contributed by atoms with Crippen LogP contribution in [-0.2, 0) is 22.4 Å². The molecule has 0 heterocycles.